The highest BCUT2D eigenvalue weighted by Gasteiger charge is 2.30. The Morgan fingerprint density at radius 2 is 1.89 bits per heavy atom. The number of rotatable bonds is 5. The first-order chi connectivity index (χ1) is 13.0. The Hall–Kier alpha value is -2.14. The van der Waals surface area contributed by atoms with Crippen LogP contribution in [0.4, 0.5) is 13.2 Å². The Kier molecular flexibility index (Phi) is 5.41. The number of nitrogens with two attached hydrogens (primary N) is 1. The van der Waals surface area contributed by atoms with E-state index in [1.165, 1.54) is 0 Å². The molecule has 7 nitrogen and oxygen atoms in total. The van der Waals surface area contributed by atoms with Crippen molar-refractivity contribution in [3.8, 4) is 0 Å². The van der Waals surface area contributed by atoms with E-state index in [1.54, 1.807) is 18.7 Å². The normalized spacial score (nSPS) is 17.9. The molecular weight excluding hydrogens is 397 g/mol. The molecule has 2 N–H and O–H groups in total. The fourth-order valence-electron chi connectivity index (χ4n) is 3.43. The third-order valence-corrected chi connectivity index (χ3v) is 6.21. The fourth-order valence-corrected chi connectivity index (χ4v) is 4.77. The zero-order valence-electron chi connectivity index (χ0n) is 15.5. The minimum atomic E-state index is -4.42. The van der Waals surface area contributed by atoms with Crippen LogP contribution < -0.4 is 17.0 Å². The molecule has 0 radical (unpaired) electrons. The molecule has 1 saturated heterocycles. The second-order valence-corrected chi connectivity index (χ2v) is 8.00. The molecule has 3 rings (SSSR count). The Balaban J connectivity index is 2.13. The van der Waals surface area contributed by atoms with E-state index in [0.29, 0.717) is 17.0 Å². The van der Waals surface area contributed by atoms with Gasteiger partial charge in [-0.2, -0.15) is 13.2 Å². The van der Waals surface area contributed by atoms with Crippen molar-refractivity contribution in [3.05, 3.63) is 31.3 Å². The van der Waals surface area contributed by atoms with Gasteiger partial charge in [-0.1, -0.05) is 0 Å². The van der Waals surface area contributed by atoms with Crippen molar-refractivity contribution in [2.24, 2.45) is 5.73 Å². The first kappa shape index (κ1) is 20.6. The van der Waals surface area contributed by atoms with Crippen LogP contribution in [0.5, 0.6) is 0 Å². The molecule has 154 valence electrons. The molecule has 2 aromatic rings. The predicted molar refractivity (Wildman–Crippen MR) is 99.4 cm³/mol. The number of likely N-dealkylation sites (tertiary alicyclic amines) is 1. The summed E-state index contributed by atoms with van der Waals surface area (Å²) in [4.78, 5) is 39.8. The molecule has 1 aliphatic heterocycles. The van der Waals surface area contributed by atoms with Crippen LogP contribution in [0, 0.1) is 6.92 Å². The maximum Gasteiger partial charge on any atom is 0.390 e. The molecule has 1 atom stereocenters. The monoisotopic (exact) mass is 418 g/mol. The van der Waals surface area contributed by atoms with Gasteiger partial charge in [0.25, 0.3) is 5.56 Å². The molecule has 0 aromatic carbocycles. The van der Waals surface area contributed by atoms with Gasteiger partial charge in [-0.05, 0) is 19.4 Å². The predicted octanol–water partition coefficient (Wildman–Crippen LogP) is 1.57. The van der Waals surface area contributed by atoms with Crippen LogP contribution in [-0.4, -0.2) is 38.7 Å². The zero-order valence-corrected chi connectivity index (χ0v) is 16.3. The maximum absolute atomic E-state index is 12.8. The molecule has 28 heavy (non-hydrogen) atoms. The van der Waals surface area contributed by atoms with E-state index in [0.717, 1.165) is 20.5 Å². The van der Waals surface area contributed by atoms with E-state index in [4.69, 9.17) is 5.73 Å². The average molecular weight is 418 g/mol. The van der Waals surface area contributed by atoms with Gasteiger partial charge >= 0.3 is 11.9 Å². The molecule has 1 fully saturated rings. The van der Waals surface area contributed by atoms with Crippen molar-refractivity contribution in [2.45, 2.75) is 58.5 Å². The number of aryl methyl sites for hydroxylation is 2. The van der Waals surface area contributed by atoms with Gasteiger partial charge in [0.2, 0.25) is 5.91 Å². The van der Waals surface area contributed by atoms with Gasteiger partial charge in [-0.3, -0.25) is 18.7 Å². The van der Waals surface area contributed by atoms with Crippen molar-refractivity contribution in [1.29, 1.82) is 0 Å². The van der Waals surface area contributed by atoms with Gasteiger partial charge in [-0.25, -0.2) is 4.79 Å². The number of amides is 1. The number of aromatic nitrogens is 2. The average Bonchev–Trinajstić information content (AvgIpc) is 3.06. The molecule has 1 aliphatic rings. The number of nitrogens with zero attached hydrogens (tertiary/aromatic N) is 3. The number of hydrogen-bond acceptors (Lipinski definition) is 5. The number of carbonyl (C=O) groups is 1. The lowest BCUT2D eigenvalue weighted by molar-refractivity contribution is -0.136. The number of thiophene rings is 1. The summed E-state index contributed by atoms with van der Waals surface area (Å²) < 4.78 is 40.2. The van der Waals surface area contributed by atoms with Gasteiger partial charge in [0.15, 0.2) is 0 Å². The van der Waals surface area contributed by atoms with Crippen molar-refractivity contribution in [2.75, 3.05) is 6.54 Å². The summed E-state index contributed by atoms with van der Waals surface area (Å²) >= 11 is 1.09. The quantitative estimate of drug-likeness (QED) is 0.798. The highest BCUT2D eigenvalue weighted by Crippen LogP contribution is 2.31. The van der Waals surface area contributed by atoms with E-state index in [9.17, 15) is 27.6 Å². The zero-order chi connectivity index (χ0) is 20.8. The summed E-state index contributed by atoms with van der Waals surface area (Å²) in [7, 11) is 0. The molecule has 0 aliphatic carbocycles. The number of halogens is 3. The van der Waals surface area contributed by atoms with Gasteiger partial charge < -0.3 is 10.6 Å². The summed E-state index contributed by atoms with van der Waals surface area (Å²) in [5.74, 6) is -0.107. The van der Waals surface area contributed by atoms with Gasteiger partial charge in [0.1, 0.15) is 4.83 Å². The minimum Gasteiger partial charge on any atom is -0.336 e. The molecule has 0 spiro atoms. The Labute approximate surface area is 162 Å². The van der Waals surface area contributed by atoms with E-state index in [-0.39, 0.29) is 41.7 Å². The Morgan fingerprint density at radius 3 is 2.43 bits per heavy atom. The SMILES string of the molecule is CCn1c(=O)c2c(C)c(CN3CC(N)CC3=O)sc2n(CCC(F)(F)F)c1=O. The van der Waals surface area contributed by atoms with Gasteiger partial charge in [-0.15, -0.1) is 11.3 Å². The number of carbonyl (C=O) groups excluding carboxylic acids is 1. The largest absolute Gasteiger partial charge is 0.390 e. The molecule has 3 heterocycles. The molecule has 11 heteroatoms. The molecule has 1 unspecified atom stereocenters. The molecule has 1 amide bonds. The summed E-state index contributed by atoms with van der Waals surface area (Å²) in [5.41, 5.74) is 5.12. The Bertz CT molecular complexity index is 1040. The van der Waals surface area contributed by atoms with Crippen LogP contribution in [0.2, 0.25) is 0 Å². The lowest BCUT2D eigenvalue weighted by Gasteiger charge is -2.15. The lowest BCUT2D eigenvalue weighted by atomic mass is 10.2. The first-order valence-corrected chi connectivity index (χ1v) is 9.70. The summed E-state index contributed by atoms with van der Waals surface area (Å²) in [6.45, 7) is 3.38. The van der Waals surface area contributed by atoms with Crippen LogP contribution in [0.1, 0.15) is 30.2 Å². The smallest absolute Gasteiger partial charge is 0.336 e. The second-order valence-electron chi connectivity index (χ2n) is 6.92. The second kappa shape index (κ2) is 7.36. The lowest BCUT2D eigenvalue weighted by Crippen LogP contribution is -2.39. The summed E-state index contributed by atoms with van der Waals surface area (Å²) in [5, 5.41) is 0.236. The topological polar surface area (TPSA) is 90.3 Å². The highest BCUT2D eigenvalue weighted by atomic mass is 32.1. The minimum absolute atomic E-state index is 0.0592. The number of alkyl halides is 3. The highest BCUT2D eigenvalue weighted by molar-refractivity contribution is 7.18. The van der Waals surface area contributed by atoms with E-state index in [1.807, 2.05) is 0 Å². The van der Waals surface area contributed by atoms with Crippen LogP contribution in [0.25, 0.3) is 10.2 Å². The van der Waals surface area contributed by atoms with Gasteiger partial charge in [0, 0.05) is 37.0 Å². The summed E-state index contributed by atoms with van der Waals surface area (Å²) in [6, 6.07) is -0.260. The molecule has 0 bridgehead atoms. The molecule has 2 aromatic heterocycles. The standard InChI is InChI=1S/C17H21F3N4O3S/c1-3-23-14(26)13-9(2)11(8-22-7-10(21)6-12(22)25)28-15(13)24(16(23)27)5-4-17(18,19)20/h10H,3-8,21H2,1-2H3. The van der Waals surface area contributed by atoms with Crippen molar-refractivity contribution >= 4 is 27.5 Å². The fraction of sp³-hybridized carbons (Fsp3) is 0.588. The molecular formula is C17H21F3N4O3S. The maximum atomic E-state index is 12.8. The van der Waals surface area contributed by atoms with E-state index in [2.05, 4.69) is 0 Å². The van der Waals surface area contributed by atoms with Crippen LogP contribution in [0.3, 0.4) is 0 Å². The Morgan fingerprint density at radius 1 is 1.21 bits per heavy atom. The van der Waals surface area contributed by atoms with E-state index >= 15 is 0 Å². The van der Waals surface area contributed by atoms with E-state index < -0.39 is 30.4 Å². The third-order valence-electron chi connectivity index (χ3n) is 4.91. The van der Waals surface area contributed by atoms with Crippen molar-refractivity contribution in [3.63, 3.8) is 0 Å². The first-order valence-electron chi connectivity index (χ1n) is 8.89. The van der Waals surface area contributed by atoms with Gasteiger partial charge in [0.05, 0.1) is 18.4 Å². The van der Waals surface area contributed by atoms with Crippen LogP contribution in [-0.2, 0) is 24.4 Å². The number of hydrogen-bond donors (Lipinski definition) is 1. The number of fused-ring (bicyclic) bond motifs is 1. The summed E-state index contributed by atoms with van der Waals surface area (Å²) in [6.07, 6.45) is -5.36. The van der Waals surface area contributed by atoms with Crippen LogP contribution in [0.15, 0.2) is 9.59 Å². The van der Waals surface area contributed by atoms with Crippen molar-refractivity contribution < 1.29 is 18.0 Å². The third kappa shape index (κ3) is 3.72. The van der Waals surface area contributed by atoms with Crippen molar-refractivity contribution in [1.82, 2.24) is 14.0 Å². The molecule has 0 saturated carbocycles. The van der Waals surface area contributed by atoms with Crippen LogP contribution >= 0.6 is 11.3 Å².